The third-order valence-corrected chi connectivity index (χ3v) is 4.60. The molecule has 0 saturated carbocycles. The van der Waals surface area contributed by atoms with Crippen molar-refractivity contribution >= 4 is 17.2 Å². The van der Waals surface area contributed by atoms with Crippen molar-refractivity contribution in [1.82, 2.24) is 9.47 Å². The minimum atomic E-state index is 0.193. The summed E-state index contributed by atoms with van der Waals surface area (Å²) in [6.45, 7) is 3.86. The molecule has 0 aromatic carbocycles. The summed E-state index contributed by atoms with van der Waals surface area (Å²) in [5.41, 5.74) is 2.52. The Morgan fingerprint density at radius 2 is 2.32 bits per heavy atom. The maximum atomic E-state index is 12.4. The summed E-state index contributed by atoms with van der Waals surface area (Å²) < 4.78 is 2.24. The highest BCUT2D eigenvalue weighted by atomic mass is 32.1. The average Bonchev–Trinajstić information content (AvgIpc) is 3.07. The first-order valence-corrected chi connectivity index (χ1v) is 7.65. The quantitative estimate of drug-likeness (QED) is 0.844. The molecule has 2 aromatic rings. The molecule has 0 saturated heterocycles. The lowest BCUT2D eigenvalue weighted by atomic mass is 10.1. The van der Waals surface area contributed by atoms with E-state index in [9.17, 15) is 4.79 Å². The van der Waals surface area contributed by atoms with Gasteiger partial charge in [0.25, 0.3) is 0 Å². The second-order valence-electron chi connectivity index (χ2n) is 5.02. The Bertz CT molecular complexity index is 558. The van der Waals surface area contributed by atoms with Gasteiger partial charge in [-0.05, 0) is 47.9 Å². The van der Waals surface area contributed by atoms with Crippen LogP contribution in [-0.2, 0) is 17.8 Å². The van der Waals surface area contributed by atoms with Crippen LogP contribution in [0.2, 0.25) is 0 Å². The van der Waals surface area contributed by atoms with Crippen LogP contribution in [-0.4, -0.2) is 21.9 Å². The maximum absolute atomic E-state index is 12.4. The maximum Gasteiger partial charge on any atom is 0.223 e. The fourth-order valence-corrected chi connectivity index (χ4v) is 3.45. The van der Waals surface area contributed by atoms with Crippen molar-refractivity contribution in [3.63, 3.8) is 0 Å². The number of nitrogens with zero attached hydrogens (tertiary/aromatic N) is 2. The summed E-state index contributed by atoms with van der Waals surface area (Å²) >= 11 is 1.69. The van der Waals surface area contributed by atoms with Crippen LogP contribution in [0.4, 0.5) is 0 Å². The van der Waals surface area contributed by atoms with Gasteiger partial charge in [-0.25, -0.2) is 0 Å². The second kappa shape index (κ2) is 5.21. The molecule has 0 bridgehead atoms. The molecule has 0 fully saturated rings. The summed E-state index contributed by atoms with van der Waals surface area (Å²) in [6, 6.07) is 6.47. The minimum Gasteiger partial charge on any atom is -0.348 e. The molecule has 3 rings (SSSR count). The lowest BCUT2D eigenvalue weighted by Crippen LogP contribution is -2.40. The van der Waals surface area contributed by atoms with E-state index < -0.39 is 0 Å². The van der Waals surface area contributed by atoms with E-state index in [0.29, 0.717) is 6.42 Å². The van der Waals surface area contributed by atoms with Crippen LogP contribution in [0, 0.1) is 0 Å². The van der Waals surface area contributed by atoms with E-state index in [-0.39, 0.29) is 11.9 Å². The number of thiophene rings is 1. The monoisotopic (exact) mass is 274 g/mol. The van der Waals surface area contributed by atoms with Crippen LogP contribution in [0.25, 0.3) is 0 Å². The first kappa shape index (κ1) is 12.5. The highest BCUT2D eigenvalue weighted by Gasteiger charge is 2.26. The first-order chi connectivity index (χ1) is 9.25. The number of fused-ring (bicyclic) bond motifs is 1. The number of carbonyl (C=O) groups excluding carboxylic acids is 1. The molecule has 3 nitrogen and oxygen atoms in total. The Hall–Kier alpha value is -1.55. The van der Waals surface area contributed by atoms with Gasteiger partial charge < -0.3 is 9.47 Å². The third-order valence-electron chi connectivity index (χ3n) is 3.87. The van der Waals surface area contributed by atoms with Crippen molar-refractivity contribution in [1.29, 1.82) is 0 Å². The van der Waals surface area contributed by atoms with Gasteiger partial charge in [-0.2, -0.15) is 11.3 Å². The second-order valence-corrected chi connectivity index (χ2v) is 5.80. The van der Waals surface area contributed by atoms with E-state index in [2.05, 4.69) is 46.6 Å². The normalized spacial score (nSPS) is 18.4. The lowest BCUT2D eigenvalue weighted by molar-refractivity contribution is -0.134. The fraction of sp³-hybridized carbons (Fsp3) is 0.400. The predicted octanol–water partition coefficient (Wildman–Crippen LogP) is 3.09. The number of rotatable bonds is 3. The van der Waals surface area contributed by atoms with Gasteiger partial charge in [-0.15, -0.1) is 0 Å². The van der Waals surface area contributed by atoms with Gasteiger partial charge in [0, 0.05) is 31.4 Å². The minimum absolute atomic E-state index is 0.193. The molecule has 1 amide bonds. The Morgan fingerprint density at radius 3 is 3.11 bits per heavy atom. The zero-order valence-corrected chi connectivity index (χ0v) is 11.9. The van der Waals surface area contributed by atoms with Crippen molar-refractivity contribution in [3.05, 3.63) is 46.4 Å². The van der Waals surface area contributed by atoms with Crippen molar-refractivity contribution in [2.24, 2.45) is 0 Å². The number of amides is 1. The zero-order chi connectivity index (χ0) is 13.2. The van der Waals surface area contributed by atoms with Gasteiger partial charge in [0.15, 0.2) is 0 Å². The Balaban J connectivity index is 1.65. The third kappa shape index (κ3) is 2.45. The molecule has 1 aliphatic rings. The van der Waals surface area contributed by atoms with Gasteiger partial charge in [-0.1, -0.05) is 0 Å². The molecule has 1 atom stereocenters. The summed E-state index contributed by atoms with van der Waals surface area (Å²) in [4.78, 5) is 14.4. The van der Waals surface area contributed by atoms with Crippen LogP contribution < -0.4 is 0 Å². The molecule has 100 valence electrons. The summed E-state index contributed by atoms with van der Waals surface area (Å²) in [7, 11) is 0. The van der Waals surface area contributed by atoms with Crippen LogP contribution in [0.1, 0.15) is 30.6 Å². The molecule has 1 aliphatic heterocycles. The van der Waals surface area contributed by atoms with E-state index in [1.165, 1.54) is 11.3 Å². The molecular weight excluding hydrogens is 256 g/mol. The van der Waals surface area contributed by atoms with Gasteiger partial charge in [-0.3, -0.25) is 4.79 Å². The van der Waals surface area contributed by atoms with Crippen LogP contribution in [0.3, 0.4) is 0 Å². The standard InChI is InChI=1S/C15H18N2OS/c1-12-14-3-2-7-16(14)8-9-17(12)15(18)5-4-13-6-10-19-11-13/h2-3,6-7,10-12H,4-5,8-9H2,1H3. The summed E-state index contributed by atoms with van der Waals surface area (Å²) in [6.07, 6.45) is 3.56. The van der Waals surface area contributed by atoms with Crippen LogP contribution >= 0.6 is 11.3 Å². The Morgan fingerprint density at radius 1 is 1.42 bits per heavy atom. The summed E-state index contributed by atoms with van der Waals surface area (Å²) in [5, 5.41) is 4.19. The van der Waals surface area contributed by atoms with Crippen molar-refractivity contribution in [2.75, 3.05) is 6.54 Å². The topological polar surface area (TPSA) is 25.2 Å². The smallest absolute Gasteiger partial charge is 0.223 e. The molecule has 2 aromatic heterocycles. The van der Waals surface area contributed by atoms with Gasteiger partial charge in [0.2, 0.25) is 5.91 Å². The predicted molar refractivity (Wildman–Crippen MR) is 77.2 cm³/mol. The lowest BCUT2D eigenvalue weighted by Gasteiger charge is -2.35. The molecule has 19 heavy (non-hydrogen) atoms. The van der Waals surface area contributed by atoms with E-state index >= 15 is 0 Å². The zero-order valence-electron chi connectivity index (χ0n) is 11.1. The number of hydrogen-bond donors (Lipinski definition) is 0. The van der Waals surface area contributed by atoms with Crippen LogP contribution in [0.5, 0.6) is 0 Å². The highest BCUT2D eigenvalue weighted by molar-refractivity contribution is 7.07. The summed E-state index contributed by atoms with van der Waals surface area (Å²) in [5.74, 6) is 0.270. The largest absolute Gasteiger partial charge is 0.348 e. The number of aromatic nitrogens is 1. The van der Waals surface area contributed by atoms with E-state index in [4.69, 9.17) is 0 Å². The first-order valence-electron chi connectivity index (χ1n) is 6.71. The van der Waals surface area contributed by atoms with E-state index in [0.717, 1.165) is 19.5 Å². The molecule has 0 radical (unpaired) electrons. The average molecular weight is 274 g/mol. The van der Waals surface area contributed by atoms with E-state index in [1.807, 2.05) is 4.90 Å². The Kier molecular flexibility index (Phi) is 3.42. The molecule has 0 N–H and O–H groups in total. The molecule has 1 unspecified atom stereocenters. The Labute approximate surface area is 117 Å². The van der Waals surface area contributed by atoms with E-state index in [1.54, 1.807) is 11.3 Å². The van der Waals surface area contributed by atoms with Gasteiger partial charge >= 0.3 is 0 Å². The fourth-order valence-electron chi connectivity index (χ4n) is 2.75. The molecule has 0 spiro atoms. The molecule has 3 heterocycles. The molecule has 0 aliphatic carbocycles. The van der Waals surface area contributed by atoms with Gasteiger partial charge in [0.05, 0.1) is 6.04 Å². The number of aryl methyl sites for hydroxylation is 1. The number of hydrogen-bond acceptors (Lipinski definition) is 2. The van der Waals surface area contributed by atoms with Gasteiger partial charge in [0.1, 0.15) is 0 Å². The molecular formula is C15H18N2OS. The number of carbonyl (C=O) groups is 1. The SMILES string of the molecule is CC1c2cccn2CCN1C(=O)CCc1ccsc1. The van der Waals surface area contributed by atoms with Crippen molar-refractivity contribution in [3.8, 4) is 0 Å². The molecule has 4 heteroatoms. The van der Waals surface area contributed by atoms with Crippen LogP contribution in [0.15, 0.2) is 35.2 Å². The van der Waals surface area contributed by atoms with Crippen molar-refractivity contribution < 1.29 is 4.79 Å². The van der Waals surface area contributed by atoms with Crippen molar-refractivity contribution in [2.45, 2.75) is 32.4 Å². The highest BCUT2D eigenvalue weighted by Crippen LogP contribution is 2.26.